The molecule has 0 aliphatic rings. The number of aliphatic hydroxyl groups is 6. The molecule has 300 valence electrons. The van der Waals surface area contributed by atoms with E-state index in [1.54, 1.807) is 6.92 Å². The molecule has 0 spiro atoms. The van der Waals surface area contributed by atoms with Crippen LogP contribution < -0.4 is 5.32 Å². The number of aliphatic hydroxyl groups excluding tert-OH is 6. The summed E-state index contributed by atoms with van der Waals surface area (Å²) < 4.78 is 5.38. The maximum absolute atomic E-state index is 12.5. The lowest BCUT2D eigenvalue weighted by Crippen LogP contribution is -2.51. The molecular weight excluding hydrogens is 731 g/mol. The normalized spacial score (nSPS) is 11.7. The van der Waals surface area contributed by atoms with Gasteiger partial charge in [0.1, 0.15) is 24.4 Å². The molecule has 0 aliphatic heterocycles. The zero-order chi connectivity index (χ0) is 42.7. The molecule has 6 atom stereocenters. The first-order valence-corrected chi connectivity index (χ1v) is 19.1. The molecule has 0 aliphatic carbocycles. The Morgan fingerprint density at radius 3 is 1.26 bits per heavy atom. The zero-order valence-electron chi connectivity index (χ0n) is 33.3. The second kappa shape index (κ2) is 39.2. The zero-order valence-corrected chi connectivity index (χ0v) is 33.3. The first-order valence-electron chi connectivity index (χ1n) is 19.1. The molecule has 9 heteroatoms. The minimum Gasteiger partial charge on any atom is -0.394 e. The largest absolute Gasteiger partial charge is 0.394 e. The SMILES string of the molecule is CC#CC#CC#CC#CC#CC#CC#CC#CC#CC#CC#CC#CC(=O)N[C@@H](COCC(O)[C@@H](O)[C@@H](O)CO)[C@H](O)[C@@H](O)CCCCCCCCCCCCCC. The molecule has 0 bridgehead atoms. The van der Waals surface area contributed by atoms with E-state index in [4.69, 9.17) is 9.84 Å². The summed E-state index contributed by atoms with van der Waals surface area (Å²) in [6.07, 6.45) is 6.65. The molecule has 0 radical (unpaired) electrons. The third-order valence-corrected chi connectivity index (χ3v) is 7.65. The fourth-order valence-corrected chi connectivity index (χ4v) is 4.62. The van der Waals surface area contributed by atoms with Crippen LogP contribution in [-0.2, 0) is 9.53 Å². The Morgan fingerprint density at radius 1 is 0.483 bits per heavy atom. The van der Waals surface area contributed by atoms with Gasteiger partial charge in [-0.3, -0.25) is 4.79 Å². The number of nitrogens with one attached hydrogen (secondary N) is 1. The van der Waals surface area contributed by atoms with Gasteiger partial charge in [-0.25, -0.2) is 0 Å². The maximum atomic E-state index is 12.5. The van der Waals surface area contributed by atoms with Crippen LogP contribution in [0.1, 0.15) is 97.3 Å². The summed E-state index contributed by atoms with van der Waals surface area (Å²) in [5.41, 5.74) is 0. The summed E-state index contributed by atoms with van der Waals surface area (Å²) in [7, 11) is 0. The van der Waals surface area contributed by atoms with Crippen LogP contribution in [-0.4, -0.2) is 92.9 Å². The number of amides is 1. The Labute approximate surface area is 346 Å². The Morgan fingerprint density at radius 2 is 0.862 bits per heavy atom. The van der Waals surface area contributed by atoms with E-state index < -0.39 is 55.7 Å². The van der Waals surface area contributed by atoms with Gasteiger partial charge < -0.3 is 40.7 Å². The highest BCUT2D eigenvalue weighted by Gasteiger charge is 2.29. The molecular formula is C49H51NO8. The van der Waals surface area contributed by atoms with Gasteiger partial charge in [-0.2, -0.15) is 0 Å². The molecule has 0 heterocycles. The first-order chi connectivity index (χ1) is 28.3. The lowest BCUT2D eigenvalue weighted by Gasteiger charge is -2.28. The van der Waals surface area contributed by atoms with Gasteiger partial charge in [-0.1, -0.05) is 89.9 Å². The van der Waals surface area contributed by atoms with Crippen molar-refractivity contribution in [1.29, 1.82) is 0 Å². The van der Waals surface area contributed by atoms with Crippen molar-refractivity contribution in [2.75, 3.05) is 19.8 Å². The fraction of sp³-hybridized carbons (Fsp3) is 0.490. The second-order valence-corrected chi connectivity index (χ2v) is 12.3. The molecule has 9 nitrogen and oxygen atoms in total. The van der Waals surface area contributed by atoms with Crippen LogP contribution in [0.15, 0.2) is 0 Å². The van der Waals surface area contributed by atoms with Crippen molar-refractivity contribution in [2.45, 2.75) is 134 Å². The number of unbranched alkanes of at least 4 members (excludes halogenated alkanes) is 11. The molecule has 0 aromatic carbocycles. The standard InChI is InChI=1S/C49H51NO8/c1-3-5-7-9-11-13-15-17-18-19-20-21-22-23-24-25-26-27-29-31-33-35-37-39-47(55)50-43(41-58-42-46(54)49(57)45(53)40-51)48(56)44(52)38-36-34-32-30-28-16-14-12-10-8-6-4-2/h43-46,48-49,51-54,56-57H,4,6,8,10,12,14,16,28,30,32,34,36,38,40-42H2,1-2H3,(H,50,55)/t43-,44-,45-,46?,48-,49-/m0/s1. The van der Waals surface area contributed by atoms with Gasteiger partial charge in [0, 0.05) is 41.4 Å². The molecule has 0 aromatic rings. The molecule has 0 aromatic heterocycles. The van der Waals surface area contributed by atoms with Crippen molar-refractivity contribution in [1.82, 2.24) is 5.32 Å². The average molecular weight is 782 g/mol. The molecule has 0 fully saturated rings. The van der Waals surface area contributed by atoms with Gasteiger partial charge in [0.05, 0.1) is 32.0 Å². The number of carbonyl (C=O) groups is 1. The van der Waals surface area contributed by atoms with E-state index in [2.05, 4.69) is 154 Å². The van der Waals surface area contributed by atoms with Crippen molar-refractivity contribution in [3.8, 4) is 142 Å². The molecule has 0 saturated heterocycles. The van der Waals surface area contributed by atoms with Crippen molar-refractivity contribution >= 4 is 5.91 Å². The molecule has 0 rings (SSSR count). The van der Waals surface area contributed by atoms with Crippen LogP contribution in [0.2, 0.25) is 0 Å². The summed E-state index contributed by atoms with van der Waals surface area (Å²) in [4.78, 5) is 12.5. The number of rotatable bonds is 23. The van der Waals surface area contributed by atoms with Crippen LogP contribution in [0.5, 0.6) is 0 Å². The quantitative estimate of drug-likeness (QED) is 0.0607. The van der Waals surface area contributed by atoms with Gasteiger partial charge >= 0.3 is 0 Å². The lowest BCUT2D eigenvalue weighted by molar-refractivity contribution is -0.121. The summed E-state index contributed by atoms with van der Waals surface area (Å²) in [6.45, 7) is 2.26. The van der Waals surface area contributed by atoms with E-state index in [0.29, 0.717) is 12.8 Å². The Bertz CT molecular complexity index is 2030. The Hall–Kier alpha value is -6.09. The molecule has 0 saturated carbocycles. The second-order valence-electron chi connectivity index (χ2n) is 12.3. The van der Waals surface area contributed by atoms with E-state index in [1.807, 2.05) is 0 Å². The number of hydrogen-bond donors (Lipinski definition) is 7. The summed E-state index contributed by atoms with van der Waals surface area (Å²) in [5.74, 6) is 58.4. The maximum Gasteiger partial charge on any atom is 0.297 e. The Kier molecular flexibility index (Phi) is 35.0. The third-order valence-electron chi connectivity index (χ3n) is 7.65. The van der Waals surface area contributed by atoms with E-state index in [9.17, 15) is 30.3 Å². The highest BCUT2D eigenvalue weighted by Crippen LogP contribution is 2.15. The van der Waals surface area contributed by atoms with E-state index >= 15 is 0 Å². The van der Waals surface area contributed by atoms with E-state index in [0.717, 1.165) is 19.3 Å². The van der Waals surface area contributed by atoms with Crippen LogP contribution in [0, 0.1) is 142 Å². The molecule has 1 unspecified atom stereocenters. The summed E-state index contributed by atoms with van der Waals surface area (Å²) in [5, 5.41) is 62.5. The smallest absolute Gasteiger partial charge is 0.297 e. The van der Waals surface area contributed by atoms with E-state index in [-0.39, 0.29) is 6.61 Å². The average Bonchev–Trinajstić information content (AvgIpc) is 3.22. The van der Waals surface area contributed by atoms with Gasteiger partial charge in [-0.05, 0) is 108 Å². The Balaban J connectivity index is 5.06. The first kappa shape index (κ1) is 51.9. The minimum atomic E-state index is -1.69. The van der Waals surface area contributed by atoms with Crippen LogP contribution in [0.3, 0.4) is 0 Å². The monoisotopic (exact) mass is 781 g/mol. The van der Waals surface area contributed by atoms with Crippen LogP contribution in [0.4, 0.5) is 0 Å². The predicted molar refractivity (Wildman–Crippen MR) is 225 cm³/mol. The highest BCUT2D eigenvalue weighted by atomic mass is 16.5. The topological polar surface area (TPSA) is 160 Å². The van der Waals surface area contributed by atoms with E-state index in [1.165, 1.54) is 51.4 Å². The van der Waals surface area contributed by atoms with Crippen LogP contribution >= 0.6 is 0 Å². The molecule has 58 heavy (non-hydrogen) atoms. The predicted octanol–water partition coefficient (Wildman–Crippen LogP) is 1.44. The van der Waals surface area contributed by atoms with Gasteiger partial charge in [0.25, 0.3) is 5.91 Å². The van der Waals surface area contributed by atoms with Gasteiger partial charge in [0.15, 0.2) is 0 Å². The summed E-state index contributed by atoms with van der Waals surface area (Å²) in [6, 6.07) is -1.14. The minimum absolute atomic E-state index is 0.290. The van der Waals surface area contributed by atoms with Crippen molar-refractivity contribution in [3.63, 3.8) is 0 Å². The van der Waals surface area contributed by atoms with Gasteiger partial charge in [-0.15, -0.1) is 0 Å². The number of ether oxygens (including phenoxy) is 1. The molecule has 1 amide bonds. The van der Waals surface area contributed by atoms with Gasteiger partial charge in [0.2, 0.25) is 0 Å². The van der Waals surface area contributed by atoms with Crippen LogP contribution in [0.25, 0.3) is 0 Å². The highest BCUT2D eigenvalue weighted by molar-refractivity contribution is 5.94. The van der Waals surface area contributed by atoms with Crippen molar-refractivity contribution in [3.05, 3.63) is 0 Å². The molecule has 7 N–H and O–H groups in total. The lowest BCUT2D eigenvalue weighted by atomic mass is 9.99. The van der Waals surface area contributed by atoms with Crippen molar-refractivity contribution in [2.24, 2.45) is 0 Å². The fourth-order valence-electron chi connectivity index (χ4n) is 4.62. The number of hydrogen-bond acceptors (Lipinski definition) is 8. The summed E-state index contributed by atoms with van der Waals surface area (Å²) >= 11 is 0. The number of carbonyl (C=O) groups excluding carboxylic acids is 1. The third kappa shape index (κ3) is 32.2. The van der Waals surface area contributed by atoms with Crippen molar-refractivity contribution < 1.29 is 40.2 Å².